The Morgan fingerprint density at radius 1 is 1.07 bits per heavy atom. The molecule has 2 aromatic carbocycles. The van der Waals surface area contributed by atoms with E-state index in [9.17, 15) is 5.11 Å². The smallest absolute Gasteiger partial charge is 0.118 e. The molecule has 0 saturated carbocycles. The van der Waals surface area contributed by atoms with Gasteiger partial charge < -0.3 is 19.9 Å². The van der Waals surface area contributed by atoms with E-state index < -0.39 is 0 Å². The van der Waals surface area contributed by atoms with Crippen LogP contribution in [-0.4, -0.2) is 37.6 Å². The van der Waals surface area contributed by atoms with Gasteiger partial charge in [-0.25, -0.2) is 0 Å². The highest BCUT2D eigenvalue weighted by molar-refractivity contribution is 5.27. The van der Waals surface area contributed by atoms with Crippen LogP contribution in [0.1, 0.15) is 37.8 Å². The number of benzene rings is 2. The quantitative estimate of drug-likeness (QED) is 0.665. The molecule has 3 rings (SSSR count). The van der Waals surface area contributed by atoms with Crippen LogP contribution in [-0.2, 0) is 17.7 Å². The van der Waals surface area contributed by atoms with Crippen molar-refractivity contribution in [3.05, 3.63) is 65.7 Å². The molecule has 2 aromatic rings. The fourth-order valence-corrected chi connectivity index (χ4v) is 4.77. The van der Waals surface area contributed by atoms with Gasteiger partial charge >= 0.3 is 0 Å². The van der Waals surface area contributed by atoms with Crippen LogP contribution in [0.3, 0.4) is 0 Å². The summed E-state index contributed by atoms with van der Waals surface area (Å²) < 4.78 is 11.3. The van der Waals surface area contributed by atoms with E-state index >= 15 is 0 Å². The van der Waals surface area contributed by atoms with Crippen LogP contribution in [0.15, 0.2) is 54.6 Å². The Morgan fingerprint density at radius 2 is 1.79 bits per heavy atom. The molecule has 0 aliphatic carbocycles. The molecule has 158 valence electrons. The fourth-order valence-electron chi connectivity index (χ4n) is 4.77. The van der Waals surface area contributed by atoms with Crippen LogP contribution in [0, 0.1) is 11.3 Å². The highest BCUT2D eigenvalue weighted by Gasteiger charge is 2.45. The van der Waals surface area contributed by atoms with E-state index in [2.05, 4.69) is 61.6 Å². The zero-order chi connectivity index (χ0) is 20.7. The Balaban J connectivity index is 1.71. The van der Waals surface area contributed by atoms with E-state index in [4.69, 9.17) is 9.47 Å². The first-order valence-electron chi connectivity index (χ1n) is 10.6. The van der Waals surface area contributed by atoms with E-state index in [-0.39, 0.29) is 23.5 Å². The van der Waals surface area contributed by atoms with Gasteiger partial charge in [0.1, 0.15) is 5.75 Å². The molecule has 0 radical (unpaired) electrons. The second-order valence-electron chi connectivity index (χ2n) is 8.92. The summed E-state index contributed by atoms with van der Waals surface area (Å²) in [6.07, 6.45) is 2.89. The highest BCUT2D eigenvalue weighted by Crippen LogP contribution is 2.46. The number of hydrogen-bond donors (Lipinski definition) is 2. The molecule has 1 aliphatic rings. The molecule has 4 heteroatoms. The number of rotatable bonds is 9. The number of methoxy groups -OCH3 is 1. The highest BCUT2D eigenvalue weighted by atomic mass is 16.5. The molecule has 2 atom stereocenters. The molecule has 1 heterocycles. The van der Waals surface area contributed by atoms with Gasteiger partial charge in [0, 0.05) is 32.2 Å². The van der Waals surface area contributed by atoms with Crippen molar-refractivity contribution < 1.29 is 14.6 Å². The molecule has 2 unspecified atom stereocenters. The predicted octanol–water partition coefficient (Wildman–Crippen LogP) is 4.21. The lowest BCUT2D eigenvalue weighted by Crippen LogP contribution is -2.50. The van der Waals surface area contributed by atoms with Crippen molar-refractivity contribution in [3.63, 3.8) is 0 Å². The third-order valence-electron chi connectivity index (χ3n) is 6.23. The summed E-state index contributed by atoms with van der Waals surface area (Å²) in [7, 11) is 1.68. The minimum atomic E-state index is -0.170. The van der Waals surface area contributed by atoms with E-state index in [0.717, 1.165) is 44.7 Å². The maximum absolute atomic E-state index is 10.4. The second-order valence-corrected chi connectivity index (χ2v) is 8.92. The van der Waals surface area contributed by atoms with Crippen LogP contribution in [0.25, 0.3) is 0 Å². The minimum Gasteiger partial charge on any atom is -0.497 e. The van der Waals surface area contributed by atoms with Crippen LogP contribution < -0.4 is 10.1 Å². The van der Waals surface area contributed by atoms with Crippen LogP contribution in [0.5, 0.6) is 5.75 Å². The van der Waals surface area contributed by atoms with Crippen molar-refractivity contribution in [2.45, 2.75) is 45.3 Å². The van der Waals surface area contributed by atoms with Gasteiger partial charge in [0.05, 0.1) is 12.7 Å². The number of hydrogen-bond acceptors (Lipinski definition) is 4. The molecule has 0 bridgehead atoms. The number of aliphatic hydroxyl groups is 1. The van der Waals surface area contributed by atoms with Gasteiger partial charge in [-0.15, -0.1) is 0 Å². The van der Waals surface area contributed by atoms with Gasteiger partial charge in [0.25, 0.3) is 0 Å². The summed E-state index contributed by atoms with van der Waals surface area (Å²) in [6, 6.07) is 18.8. The molecule has 29 heavy (non-hydrogen) atoms. The standard InChI is InChI=1S/C25H35NO3/c1-24(2)19-25(13-14-29-24,15-20-7-5-4-6-8-20)22(18-27)17-26-16-21-9-11-23(28-3)12-10-21/h4-12,22,26-27H,13-19H2,1-3H3. The first-order valence-corrected chi connectivity index (χ1v) is 10.6. The first-order chi connectivity index (χ1) is 14.0. The van der Waals surface area contributed by atoms with Crippen LogP contribution in [0.2, 0.25) is 0 Å². The third-order valence-corrected chi connectivity index (χ3v) is 6.23. The van der Waals surface area contributed by atoms with Crippen molar-refractivity contribution in [1.29, 1.82) is 0 Å². The Hall–Kier alpha value is -1.88. The van der Waals surface area contributed by atoms with E-state index in [1.54, 1.807) is 7.11 Å². The van der Waals surface area contributed by atoms with Crippen molar-refractivity contribution in [2.75, 3.05) is 26.9 Å². The van der Waals surface area contributed by atoms with Crippen molar-refractivity contribution in [1.82, 2.24) is 5.32 Å². The molecule has 1 saturated heterocycles. The molecule has 1 aliphatic heterocycles. The SMILES string of the molecule is COc1ccc(CNCC(CO)C2(Cc3ccccc3)CCOC(C)(C)C2)cc1. The summed E-state index contributed by atoms with van der Waals surface area (Å²) in [6.45, 7) is 6.83. The average Bonchev–Trinajstić information content (AvgIpc) is 2.71. The van der Waals surface area contributed by atoms with Gasteiger partial charge in [-0.05, 0) is 61.8 Å². The van der Waals surface area contributed by atoms with Gasteiger partial charge in [0.15, 0.2) is 0 Å². The van der Waals surface area contributed by atoms with Gasteiger partial charge in [-0.1, -0.05) is 42.5 Å². The molecule has 2 N–H and O–H groups in total. The van der Waals surface area contributed by atoms with Crippen molar-refractivity contribution in [3.8, 4) is 5.75 Å². The normalized spacial score (nSPS) is 22.2. The number of nitrogens with one attached hydrogen (secondary N) is 1. The fraction of sp³-hybridized carbons (Fsp3) is 0.520. The Bertz CT molecular complexity index is 744. The lowest BCUT2D eigenvalue weighted by Gasteiger charge is -2.49. The first kappa shape index (κ1) is 21.8. The lowest BCUT2D eigenvalue weighted by molar-refractivity contribution is -0.127. The van der Waals surface area contributed by atoms with Crippen molar-refractivity contribution in [2.24, 2.45) is 11.3 Å². The molecular weight excluding hydrogens is 362 g/mol. The second kappa shape index (κ2) is 9.75. The molecule has 1 fully saturated rings. The molecule has 0 spiro atoms. The zero-order valence-electron chi connectivity index (χ0n) is 18.0. The van der Waals surface area contributed by atoms with Gasteiger partial charge in [-0.3, -0.25) is 0 Å². The van der Waals surface area contributed by atoms with E-state index in [0.29, 0.717) is 0 Å². The Labute approximate surface area is 175 Å². The maximum atomic E-state index is 10.4. The summed E-state index contributed by atoms with van der Waals surface area (Å²) in [5.41, 5.74) is 2.40. The van der Waals surface area contributed by atoms with Gasteiger partial charge in [-0.2, -0.15) is 0 Å². The molecule has 0 amide bonds. The molecule has 0 aromatic heterocycles. The summed E-state index contributed by atoms with van der Waals surface area (Å²) in [4.78, 5) is 0. The Kier molecular flexibility index (Phi) is 7.33. The van der Waals surface area contributed by atoms with Crippen LogP contribution in [0.4, 0.5) is 0 Å². The summed E-state index contributed by atoms with van der Waals surface area (Å²) in [5, 5.41) is 13.9. The minimum absolute atomic E-state index is 0.0186. The largest absolute Gasteiger partial charge is 0.497 e. The summed E-state index contributed by atoms with van der Waals surface area (Å²) in [5.74, 6) is 1.04. The van der Waals surface area contributed by atoms with E-state index in [1.165, 1.54) is 11.1 Å². The number of aliphatic hydroxyl groups excluding tert-OH is 1. The predicted molar refractivity (Wildman–Crippen MR) is 117 cm³/mol. The lowest BCUT2D eigenvalue weighted by atomic mass is 9.63. The van der Waals surface area contributed by atoms with Crippen LogP contribution >= 0.6 is 0 Å². The van der Waals surface area contributed by atoms with Gasteiger partial charge in [0.2, 0.25) is 0 Å². The average molecular weight is 398 g/mol. The monoisotopic (exact) mass is 397 g/mol. The molecule has 4 nitrogen and oxygen atoms in total. The van der Waals surface area contributed by atoms with E-state index in [1.807, 2.05) is 12.1 Å². The topological polar surface area (TPSA) is 50.7 Å². The molecular formula is C25H35NO3. The summed E-state index contributed by atoms with van der Waals surface area (Å²) >= 11 is 0. The zero-order valence-corrected chi connectivity index (χ0v) is 18.0. The maximum Gasteiger partial charge on any atom is 0.118 e. The third kappa shape index (κ3) is 5.81. The Morgan fingerprint density at radius 3 is 2.41 bits per heavy atom. The van der Waals surface area contributed by atoms with Crippen molar-refractivity contribution >= 4 is 0 Å². The number of ether oxygens (including phenoxy) is 2.